The van der Waals surface area contributed by atoms with Crippen molar-refractivity contribution >= 4 is 17.9 Å². The summed E-state index contributed by atoms with van der Waals surface area (Å²) in [6, 6.07) is 0. The second-order valence-corrected chi connectivity index (χ2v) is 23.8. The number of hydrogen-bond donors (Lipinski definition) is 0. The fraction of sp³-hybridized carbons (Fsp3) is 0.929. The van der Waals surface area contributed by atoms with Crippen LogP contribution in [0.1, 0.15) is 400 Å². The van der Waals surface area contributed by atoms with Crippen molar-refractivity contribution in [2.75, 3.05) is 13.2 Å². The Labute approximate surface area is 475 Å². The van der Waals surface area contributed by atoms with Crippen molar-refractivity contribution in [3.63, 3.8) is 0 Å². The second-order valence-electron chi connectivity index (χ2n) is 23.8. The minimum absolute atomic E-state index is 0.0634. The summed E-state index contributed by atoms with van der Waals surface area (Å²) < 4.78 is 16.9. The SMILES string of the molecule is CCCCCCCCCC/C=C\CCCCCCCCCCCCCCCC(=O)OCC(COC(=O)CCCCCCCCCCC)OC(=O)CCCCCCCCCCCCCCCCCCCCCCCCCC. The van der Waals surface area contributed by atoms with Crippen molar-refractivity contribution in [3.05, 3.63) is 12.2 Å². The van der Waals surface area contributed by atoms with Gasteiger partial charge in [0.25, 0.3) is 0 Å². The van der Waals surface area contributed by atoms with E-state index in [1.165, 1.54) is 302 Å². The largest absolute Gasteiger partial charge is 0.462 e. The van der Waals surface area contributed by atoms with Gasteiger partial charge in [0, 0.05) is 19.3 Å². The molecule has 6 nitrogen and oxygen atoms in total. The third-order valence-electron chi connectivity index (χ3n) is 16.0. The van der Waals surface area contributed by atoms with E-state index in [1.807, 2.05) is 0 Å². The lowest BCUT2D eigenvalue weighted by molar-refractivity contribution is -0.167. The summed E-state index contributed by atoms with van der Waals surface area (Å²) in [6.45, 7) is 6.70. The number of unbranched alkanes of at least 4 members (excludes halogenated alkanes) is 52. The Morgan fingerprint density at radius 1 is 0.250 bits per heavy atom. The van der Waals surface area contributed by atoms with Gasteiger partial charge >= 0.3 is 17.9 Å². The van der Waals surface area contributed by atoms with Gasteiger partial charge in [0.2, 0.25) is 0 Å². The highest BCUT2D eigenvalue weighted by Gasteiger charge is 2.19. The van der Waals surface area contributed by atoms with Crippen LogP contribution in [0.25, 0.3) is 0 Å². The first-order chi connectivity index (χ1) is 37.5. The molecular weight excluding hydrogens is 937 g/mol. The van der Waals surface area contributed by atoms with E-state index < -0.39 is 6.10 Å². The maximum atomic E-state index is 12.9. The molecular formula is C70H134O6. The molecule has 6 heteroatoms. The lowest BCUT2D eigenvalue weighted by Gasteiger charge is -2.18. The van der Waals surface area contributed by atoms with Gasteiger partial charge < -0.3 is 14.2 Å². The Morgan fingerprint density at radius 3 is 0.658 bits per heavy atom. The van der Waals surface area contributed by atoms with Crippen LogP contribution < -0.4 is 0 Å². The molecule has 450 valence electrons. The molecule has 0 saturated heterocycles. The Morgan fingerprint density at radius 2 is 0.434 bits per heavy atom. The van der Waals surface area contributed by atoms with E-state index in [9.17, 15) is 14.4 Å². The molecule has 0 bridgehead atoms. The fourth-order valence-corrected chi connectivity index (χ4v) is 10.8. The average molecular weight is 1070 g/mol. The lowest BCUT2D eigenvalue weighted by Crippen LogP contribution is -2.30. The normalized spacial score (nSPS) is 12.0. The molecule has 0 rings (SSSR count). The topological polar surface area (TPSA) is 78.9 Å². The molecule has 0 aromatic rings. The monoisotopic (exact) mass is 1070 g/mol. The molecule has 0 aliphatic rings. The first kappa shape index (κ1) is 74.2. The number of ether oxygens (including phenoxy) is 3. The lowest BCUT2D eigenvalue weighted by atomic mass is 10.0. The van der Waals surface area contributed by atoms with Crippen LogP contribution in [0.2, 0.25) is 0 Å². The van der Waals surface area contributed by atoms with Crippen molar-refractivity contribution in [3.8, 4) is 0 Å². The zero-order chi connectivity index (χ0) is 55.0. The average Bonchev–Trinajstić information content (AvgIpc) is 3.42. The molecule has 0 radical (unpaired) electrons. The number of rotatable bonds is 65. The zero-order valence-corrected chi connectivity index (χ0v) is 51.8. The van der Waals surface area contributed by atoms with Gasteiger partial charge in [0.1, 0.15) is 13.2 Å². The zero-order valence-electron chi connectivity index (χ0n) is 51.8. The fourth-order valence-electron chi connectivity index (χ4n) is 10.8. The van der Waals surface area contributed by atoms with Crippen molar-refractivity contribution in [1.82, 2.24) is 0 Å². The van der Waals surface area contributed by atoms with Crippen molar-refractivity contribution in [2.24, 2.45) is 0 Å². The first-order valence-corrected chi connectivity index (χ1v) is 34.7. The molecule has 1 atom stereocenters. The number of carbonyl (C=O) groups excluding carboxylic acids is 3. The second kappa shape index (κ2) is 65.7. The summed E-state index contributed by atoms with van der Waals surface area (Å²) in [7, 11) is 0. The third-order valence-corrected chi connectivity index (χ3v) is 16.0. The van der Waals surface area contributed by atoms with E-state index in [1.54, 1.807) is 0 Å². The van der Waals surface area contributed by atoms with Gasteiger partial charge in [-0.3, -0.25) is 14.4 Å². The van der Waals surface area contributed by atoms with Gasteiger partial charge in [-0.1, -0.05) is 348 Å². The van der Waals surface area contributed by atoms with Gasteiger partial charge in [0.05, 0.1) is 0 Å². The Bertz CT molecular complexity index is 1180. The summed E-state index contributed by atoms with van der Waals surface area (Å²) in [4.78, 5) is 38.3. The maximum Gasteiger partial charge on any atom is 0.306 e. The smallest absolute Gasteiger partial charge is 0.306 e. The number of carbonyl (C=O) groups is 3. The van der Waals surface area contributed by atoms with Gasteiger partial charge in [-0.05, 0) is 44.9 Å². The van der Waals surface area contributed by atoms with E-state index >= 15 is 0 Å². The van der Waals surface area contributed by atoms with E-state index in [0.29, 0.717) is 19.3 Å². The molecule has 0 aliphatic carbocycles. The van der Waals surface area contributed by atoms with Crippen LogP contribution in [0.5, 0.6) is 0 Å². The number of esters is 3. The molecule has 76 heavy (non-hydrogen) atoms. The molecule has 0 spiro atoms. The standard InChI is InChI=1S/C70H134O6/c1-4-7-10-13-16-19-21-23-25-27-29-31-33-35-37-38-40-42-44-46-48-51-54-57-60-63-69(72)75-66-67(65-74-68(71)62-59-56-53-50-18-15-12-9-6-3)76-70(73)64-61-58-55-52-49-47-45-43-41-39-36-34-32-30-28-26-24-22-20-17-14-11-8-5-2/h27,29,67H,4-26,28,30-66H2,1-3H3/b29-27-. The minimum atomic E-state index is -0.764. The summed E-state index contributed by atoms with van der Waals surface area (Å²) in [6.07, 6.45) is 78.3. The molecule has 0 aromatic heterocycles. The van der Waals surface area contributed by atoms with E-state index in [4.69, 9.17) is 14.2 Å². The third kappa shape index (κ3) is 63.0. The van der Waals surface area contributed by atoms with E-state index in [-0.39, 0.29) is 31.1 Å². The highest BCUT2D eigenvalue weighted by molar-refractivity contribution is 5.71. The Balaban J connectivity index is 4.10. The van der Waals surface area contributed by atoms with E-state index in [0.717, 1.165) is 57.8 Å². The van der Waals surface area contributed by atoms with Crippen molar-refractivity contribution in [1.29, 1.82) is 0 Å². The van der Waals surface area contributed by atoms with Crippen LogP contribution in [-0.2, 0) is 28.6 Å². The minimum Gasteiger partial charge on any atom is -0.462 e. The Hall–Kier alpha value is -1.85. The molecule has 0 aliphatic heterocycles. The van der Waals surface area contributed by atoms with Crippen molar-refractivity contribution in [2.45, 2.75) is 406 Å². The quantitative estimate of drug-likeness (QED) is 0.0261. The molecule has 1 unspecified atom stereocenters. The van der Waals surface area contributed by atoms with Crippen LogP contribution in [0.4, 0.5) is 0 Å². The first-order valence-electron chi connectivity index (χ1n) is 34.7. The molecule has 0 heterocycles. The summed E-state index contributed by atoms with van der Waals surface area (Å²) >= 11 is 0. The van der Waals surface area contributed by atoms with Gasteiger partial charge in [-0.15, -0.1) is 0 Å². The predicted octanol–water partition coefficient (Wildman–Crippen LogP) is 23.6. The Kier molecular flexibility index (Phi) is 64.1. The summed E-state index contributed by atoms with van der Waals surface area (Å²) in [5.74, 6) is -0.834. The molecule has 0 aromatic carbocycles. The van der Waals surface area contributed by atoms with Crippen LogP contribution >= 0.6 is 0 Å². The highest BCUT2D eigenvalue weighted by Crippen LogP contribution is 2.19. The van der Waals surface area contributed by atoms with Crippen LogP contribution in [0, 0.1) is 0 Å². The highest BCUT2D eigenvalue weighted by atomic mass is 16.6. The van der Waals surface area contributed by atoms with Gasteiger partial charge in [0.15, 0.2) is 6.10 Å². The predicted molar refractivity (Wildman–Crippen MR) is 330 cm³/mol. The van der Waals surface area contributed by atoms with Gasteiger partial charge in [-0.25, -0.2) is 0 Å². The molecule has 0 amide bonds. The van der Waals surface area contributed by atoms with Crippen LogP contribution in [-0.4, -0.2) is 37.2 Å². The maximum absolute atomic E-state index is 12.9. The molecule has 0 N–H and O–H groups in total. The number of hydrogen-bond acceptors (Lipinski definition) is 6. The van der Waals surface area contributed by atoms with Gasteiger partial charge in [-0.2, -0.15) is 0 Å². The van der Waals surface area contributed by atoms with Crippen LogP contribution in [0.15, 0.2) is 12.2 Å². The van der Waals surface area contributed by atoms with E-state index in [2.05, 4.69) is 32.9 Å². The van der Waals surface area contributed by atoms with Crippen molar-refractivity contribution < 1.29 is 28.6 Å². The molecule has 0 saturated carbocycles. The molecule has 0 fully saturated rings. The summed E-state index contributed by atoms with van der Waals surface area (Å²) in [5.41, 5.74) is 0. The summed E-state index contributed by atoms with van der Waals surface area (Å²) in [5, 5.41) is 0. The van der Waals surface area contributed by atoms with Crippen LogP contribution in [0.3, 0.4) is 0 Å². The number of allylic oxidation sites excluding steroid dienone is 2.